The molecular weight excluding hydrogens is 224 g/mol. The maximum Gasteiger partial charge on any atom is 0.142 e. The molecule has 1 N–H and O–H groups in total. The fourth-order valence-corrected chi connectivity index (χ4v) is 1.84. The molecule has 1 aromatic heterocycles. The van der Waals surface area contributed by atoms with Crippen molar-refractivity contribution in [3.63, 3.8) is 0 Å². The Balaban J connectivity index is 2.56. The van der Waals surface area contributed by atoms with E-state index in [2.05, 4.69) is 38.0 Å². The van der Waals surface area contributed by atoms with Crippen LogP contribution in [-0.2, 0) is 6.54 Å². The third-order valence-electron chi connectivity index (χ3n) is 2.76. The van der Waals surface area contributed by atoms with E-state index in [9.17, 15) is 0 Å². The Morgan fingerprint density at radius 2 is 2.11 bits per heavy atom. The van der Waals surface area contributed by atoms with Crippen molar-refractivity contribution in [2.24, 2.45) is 5.92 Å². The zero-order valence-electron chi connectivity index (χ0n) is 12.1. The number of aromatic nitrogens is 1. The molecule has 0 fully saturated rings. The molecule has 1 aromatic rings. The zero-order valence-corrected chi connectivity index (χ0v) is 12.1. The molecule has 1 heterocycles. The summed E-state index contributed by atoms with van der Waals surface area (Å²) < 4.78 is 5.94. The van der Waals surface area contributed by atoms with Crippen LogP contribution < -0.4 is 10.1 Å². The van der Waals surface area contributed by atoms with Crippen LogP contribution in [0.5, 0.6) is 5.75 Å². The van der Waals surface area contributed by atoms with Gasteiger partial charge in [-0.2, -0.15) is 0 Å². The first-order chi connectivity index (χ1) is 8.63. The minimum atomic E-state index is 0.253. The molecule has 3 heteroatoms. The molecule has 0 amide bonds. The van der Waals surface area contributed by atoms with E-state index in [1.807, 2.05) is 18.5 Å². The Hall–Kier alpha value is -1.09. The van der Waals surface area contributed by atoms with Crippen molar-refractivity contribution in [3.05, 3.63) is 24.0 Å². The molecule has 0 saturated carbocycles. The first-order valence-corrected chi connectivity index (χ1v) is 6.93. The maximum atomic E-state index is 5.94. The highest BCUT2D eigenvalue weighted by Gasteiger charge is 2.08. The van der Waals surface area contributed by atoms with Gasteiger partial charge in [0.1, 0.15) is 5.75 Å². The van der Waals surface area contributed by atoms with E-state index in [4.69, 9.17) is 4.74 Å². The number of nitrogens with one attached hydrogen (secondary N) is 1. The molecule has 0 aliphatic rings. The van der Waals surface area contributed by atoms with Gasteiger partial charge in [0.15, 0.2) is 0 Å². The van der Waals surface area contributed by atoms with Gasteiger partial charge in [-0.1, -0.05) is 27.2 Å². The third kappa shape index (κ3) is 5.50. The summed E-state index contributed by atoms with van der Waals surface area (Å²) in [6.07, 6.45) is 6.11. The largest absolute Gasteiger partial charge is 0.489 e. The molecule has 0 bridgehead atoms. The highest BCUT2D eigenvalue weighted by molar-refractivity contribution is 5.29. The van der Waals surface area contributed by atoms with Crippen LogP contribution in [0.15, 0.2) is 18.5 Å². The minimum absolute atomic E-state index is 0.253. The van der Waals surface area contributed by atoms with Crippen LogP contribution in [0.2, 0.25) is 0 Å². The molecule has 102 valence electrons. The summed E-state index contributed by atoms with van der Waals surface area (Å²) >= 11 is 0. The number of pyridine rings is 1. The molecule has 1 unspecified atom stereocenters. The van der Waals surface area contributed by atoms with E-state index in [0.717, 1.165) is 31.7 Å². The van der Waals surface area contributed by atoms with Gasteiger partial charge in [0, 0.05) is 18.3 Å². The summed E-state index contributed by atoms with van der Waals surface area (Å²) in [7, 11) is 0. The fraction of sp³-hybridized carbons (Fsp3) is 0.667. The van der Waals surface area contributed by atoms with Crippen LogP contribution in [0, 0.1) is 5.92 Å². The summed E-state index contributed by atoms with van der Waals surface area (Å²) in [4.78, 5) is 4.15. The second-order valence-corrected chi connectivity index (χ2v) is 5.23. The summed E-state index contributed by atoms with van der Waals surface area (Å²) in [6.45, 7) is 10.6. The van der Waals surface area contributed by atoms with Gasteiger partial charge in [-0.15, -0.1) is 0 Å². The molecule has 0 aliphatic heterocycles. The Morgan fingerprint density at radius 1 is 1.33 bits per heavy atom. The number of nitrogens with zero attached hydrogens (tertiary/aromatic N) is 1. The predicted molar refractivity (Wildman–Crippen MR) is 75.8 cm³/mol. The van der Waals surface area contributed by atoms with Gasteiger partial charge < -0.3 is 10.1 Å². The lowest BCUT2D eigenvalue weighted by Crippen LogP contribution is -2.20. The van der Waals surface area contributed by atoms with Gasteiger partial charge in [0.2, 0.25) is 0 Å². The second kappa shape index (κ2) is 8.09. The van der Waals surface area contributed by atoms with Crippen LogP contribution in [0.1, 0.15) is 46.1 Å². The standard InChI is InChI=1S/C15H26N2O/c1-5-6-13(4)18-15-11-16-8-7-14(15)10-17-9-12(2)3/h7-8,11-13,17H,5-6,9-10H2,1-4H3. The minimum Gasteiger partial charge on any atom is -0.489 e. The monoisotopic (exact) mass is 250 g/mol. The number of hydrogen-bond donors (Lipinski definition) is 1. The summed E-state index contributed by atoms with van der Waals surface area (Å²) in [5, 5.41) is 3.44. The van der Waals surface area contributed by atoms with E-state index in [1.54, 1.807) is 0 Å². The zero-order chi connectivity index (χ0) is 13.4. The average Bonchev–Trinajstić information content (AvgIpc) is 2.31. The lowest BCUT2D eigenvalue weighted by molar-refractivity contribution is 0.206. The van der Waals surface area contributed by atoms with Crippen molar-refractivity contribution in [2.45, 2.75) is 53.2 Å². The fourth-order valence-electron chi connectivity index (χ4n) is 1.84. The van der Waals surface area contributed by atoms with Crippen LogP contribution in [0.3, 0.4) is 0 Å². The van der Waals surface area contributed by atoms with Crippen LogP contribution in [0.25, 0.3) is 0 Å². The van der Waals surface area contributed by atoms with Crippen LogP contribution in [0.4, 0.5) is 0 Å². The molecule has 0 spiro atoms. The summed E-state index contributed by atoms with van der Waals surface area (Å²) in [6, 6.07) is 2.03. The van der Waals surface area contributed by atoms with E-state index in [1.165, 1.54) is 5.56 Å². The highest BCUT2D eigenvalue weighted by Crippen LogP contribution is 2.19. The van der Waals surface area contributed by atoms with Crippen LogP contribution >= 0.6 is 0 Å². The Labute approximate surface area is 111 Å². The molecule has 0 aliphatic carbocycles. The smallest absolute Gasteiger partial charge is 0.142 e. The molecule has 3 nitrogen and oxygen atoms in total. The Kier molecular flexibility index (Phi) is 6.73. The van der Waals surface area contributed by atoms with Crippen molar-refractivity contribution in [1.29, 1.82) is 0 Å². The van der Waals surface area contributed by atoms with Gasteiger partial charge in [0.25, 0.3) is 0 Å². The molecule has 0 aromatic carbocycles. The van der Waals surface area contributed by atoms with Crippen molar-refractivity contribution in [1.82, 2.24) is 10.3 Å². The Bertz CT molecular complexity index is 339. The molecule has 1 atom stereocenters. The van der Waals surface area contributed by atoms with Gasteiger partial charge >= 0.3 is 0 Å². The lowest BCUT2D eigenvalue weighted by atomic mass is 10.2. The highest BCUT2D eigenvalue weighted by atomic mass is 16.5. The first kappa shape index (κ1) is 15.0. The van der Waals surface area contributed by atoms with E-state index in [0.29, 0.717) is 5.92 Å². The van der Waals surface area contributed by atoms with E-state index >= 15 is 0 Å². The van der Waals surface area contributed by atoms with Crippen molar-refractivity contribution < 1.29 is 4.74 Å². The summed E-state index contributed by atoms with van der Waals surface area (Å²) in [5.74, 6) is 1.57. The number of ether oxygens (including phenoxy) is 1. The van der Waals surface area contributed by atoms with Gasteiger partial charge in [-0.3, -0.25) is 4.98 Å². The molecular formula is C15H26N2O. The van der Waals surface area contributed by atoms with E-state index in [-0.39, 0.29) is 6.10 Å². The quantitative estimate of drug-likeness (QED) is 0.768. The van der Waals surface area contributed by atoms with Crippen molar-refractivity contribution in [2.75, 3.05) is 6.54 Å². The maximum absolute atomic E-state index is 5.94. The molecule has 1 rings (SSSR count). The normalized spacial score (nSPS) is 12.7. The first-order valence-electron chi connectivity index (χ1n) is 6.93. The molecule has 0 radical (unpaired) electrons. The topological polar surface area (TPSA) is 34.1 Å². The third-order valence-corrected chi connectivity index (χ3v) is 2.76. The number of rotatable bonds is 8. The van der Waals surface area contributed by atoms with Crippen LogP contribution in [-0.4, -0.2) is 17.6 Å². The average molecular weight is 250 g/mol. The Morgan fingerprint density at radius 3 is 2.78 bits per heavy atom. The second-order valence-electron chi connectivity index (χ2n) is 5.23. The van der Waals surface area contributed by atoms with E-state index < -0.39 is 0 Å². The van der Waals surface area contributed by atoms with Gasteiger partial charge in [-0.05, 0) is 31.9 Å². The van der Waals surface area contributed by atoms with Gasteiger partial charge in [0.05, 0.1) is 12.3 Å². The van der Waals surface area contributed by atoms with Crippen molar-refractivity contribution in [3.8, 4) is 5.75 Å². The SMILES string of the molecule is CCCC(C)Oc1cnccc1CNCC(C)C. The number of hydrogen-bond acceptors (Lipinski definition) is 3. The van der Waals surface area contributed by atoms with Gasteiger partial charge in [-0.25, -0.2) is 0 Å². The predicted octanol–water partition coefficient (Wildman–Crippen LogP) is 3.39. The molecule has 18 heavy (non-hydrogen) atoms. The summed E-state index contributed by atoms with van der Waals surface area (Å²) in [5.41, 5.74) is 1.19. The molecule has 0 saturated heterocycles. The lowest BCUT2D eigenvalue weighted by Gasteiger charge is -2.17. The van der Waals surface area contributed by atoms with Crippen molar-refractivity contribution >= 4 is 0 Å².